The molecule has 0 aromatic heterocycles. The van der Waals surface area contributed by atoms with E-state index in [2.05, 4.69) is 49.2 Å². The lowest BCUT2D eigenvalue weighted by molar-refractivity contribution is 0.698. The van der Waals surface area contributed by atoms with Gasteiger partial charge in [-0.05, 0) is 24.1 Å². The molecule has 0 fully saturated rings. The summed E-state index contributed by atoms with van der Waals surface area (Å²) in [6.45, 7) is 11.3. The predicted molar refractivity (Wildman–Crippen MR) is 76.3 cm³/mol. The van der Waals surface area contributed by atoms with Crippen LogP contribution in [-0.2, 0) is 0 Å². The summed E-state index contributed by atoms with van der Waals surface area (Å²) < 4.78 is 0. The summed E-state index contributed by atoms with van der Waals surface area (Å²) in [5.41, 5.74) is 8.36. The first kappa shape index (κ1) is 13.5. The Hall–Kier alpha value is -1.54. The van der Waals surface area contributed by atoms with E-state index < -0.39 is 0 Å². The number of anilines is 1. The highest BCUT2D eigenvalue weighted by Gasteiger charge is 2.05. The van der Waals surface area contributed by atoms with Gasteiger partial charge in [-0.25, -0.2) is 0 Å². The van der Waals surface area contributed by atoms with Crippen molar-refractivity contribution in [3.05, 3.63) is 55.1 Å². The Morgan fingerprint density at radius 1 is 1.18 bits per heavy atom. The molecule has 0 saturated heterocycles. The smallest absolute Gasteiger partial charge is 0.0372 e. The van der Waals surface area contributed by atoms with Crippen molar-refractivity contribution in [2.75, 3.05) is 18.0 Å². The van der Waals surface area contributed by atoms with E-state index in [4.69, 9.17) is 5.73 Å². The molecule has 0 spiro atoms. The van der Waals surface area contributed by atoms with Gasteiger partial charge in [-0.1, -0.05) is 31.2 Å². The van der Waals surface area contributed by atoms with Crippen molar-refractivity contribution in [3.63, 3.8) is 0 Å². The van der Waals surface area contributed by atoms with Crippen molar-refractivity contribution in [2.45, 2.75) is 19.4 Å². The molecule has 1 aromatic carbocycles. The zero-order valence-corrected chi connectivity index (χ0v) is 10.6. The van der Waals surface area contributed by atoms with E-state index in [1.54, 1.807) is 0 Å². The minimum atomic E-state index is 0.135. The Kier molecular flexibility index (Phi) is 5.50. The van der Waals surface area contributed by atoms with Crippen molar-refractivity contribution in [1.82, 2.24) is 0 Å². The van der Waals surface area contributed by atoms with Crippen LogP contribution in [0.4, 0.5) is 5.69 Å². The first-order valence-corrected chi connectivity index (χ1v) is 6.05. The molecule has 0 heterocycles. The highest BCUT2D eigenvalue weighted by molar-refractivity contribution is 5.49. The maximum absolute atomic E-state index is 5.99. The second-order valence-corrected chi connectivity index (χ2v) is 4.09. The van der Waals surface area contributed by atoms with Gasteiger partial charge in [0.15, 0.2) is 0 Å². The molecule has 1 rings (SSSR count). The Morgan fingerprint density at radius 3 is 2.12 bits per heavy atom. The Labute approximate surface area is 104 Å². The number of benzene rings is 1. The predicted octanol–water partition coefficient (Wildman–Crippen LogP) is 3.27. The maximum atomic E-state index is 5.99. The molecule has 2 nitrogen and oxygen atoms in total. The van der Waals surface area contributed by atoms with E-state index in [0.717, 1.165) is 19.5 Å². The maximum Gasteiger partial charge on any atom is 0.0372 e. The molecule has 17 heavy (non-hydrogen) atoms. The summed E-state index contributed by atoms with van der Waals surface area (Å²) in [5.74, 6) is 0. The van der Waals surface area contributed by atoms with Crippen LogP contribution in [0, 0.1) is 0 Å². The van der Waals surface area contributed by atoms with E-state index in [1.165, 1.54) is 11.3 Å². The number of hydrogen-bond acceptors (Lipinski definition) is 2. The molecule has 0 unspecified atom stereocenters. The van der Waals surface area contributed by atoms with Crippen molar-refractivity contribution in [1.29, 1.82) is 0 Å². The fourth-order valence-electron chi connectivity index (χ4n) is 1.77. The molecule has 0 bridgehead atoms. The van der Waals surface area contributed by atoms with Gasteiger partial charge >= 0.3 is 0 Å². The number of nitrogens with two attached hydrogens (primary N) is 1. The molecular formula is C15H22N2. The Bertz CT molecular complexity index is 344. The van der Waals surface area contributed by atoms with Gasteiger partial charge in [-0.3, -0.25) is 0 Å². The van der Waals surface area contributed by atoms with Crippen LogP contribution in [0.25, 0.3) is 0 Å². The molecule has 0 aliphatic heterocycles. The van der Waals surface area contributed by atoms with Crippen LogP contribution in [-0.4, -0.2) is 13.1 Å². The van der Waals surface area contributed by atoms with Crippen molar-refractivity contribution >= 4 is 5.69 Å². The van der Waals surface area contributed by atoms with Gasteiger partial charge < -0.3 is 10.6 Å². The SMILES string of the molecule is C=CCN(CC=C)c1ccc([C@@H](N)CC)cc1. The monoisotopic (exact) mass is 230 g/mol. The molecular weight excluding hydrogens is 208 g/mol. The van der Waals surface area contributed by atoms with Crippen LogP contribution >= 0.6 is 0 Å². The van der Waals surface area contributed by atoms with E-state index in [0.29, 0.717) is 0 Å². The summed E-state index contributed by atoms with van der Waals surface area (Å²) in [5, 5.41) is 0. The lowest BCUT2D eigenvalue weighted by atomic mass is 10.1. The molecule has 0 amide bonds. The average molecular weight is 230 g/mol. The van der Waals surface area contributed by atoms with Gasteiger partial charge in [0.25, 0.3) is 0 Å². The van der Waals surface area contributed by atoms with Gasteiger partial charge in [0.1, 0.15) is 0 Å². The molecule has 2 N–H and O–H groups in total. The first-order valence-electron chi connectivity index (χ1n) is 6.05. The Morgan fingerprint density at radius 2 is 1.71 bits per heavy atom. The fourth-order valence-corrected chi connectivity index (χ4v) is 1.77. The summed E-state index contributed by atoms with van der Waals surface area (Å²) in [7, 11) is 0. The number of rotatable bonds is 7. The minimum Gasteiger partial charge on any atom is -0.364 e. The van der Waals surface area contributed by atoms with E-state index in [-0.39, 0.29) is 6.04 Å². The second-order valence-electron chi connectivity index (χ2n) is 4.09. The lowest BCUT2D eigenvalue weighted by Gasteiger charge is -2.22. The summed E-state index contributed by atoms with van der Waals surface area (Å²) in [6.07, 6.45) is 4.76. The van der Waals surface area contributed by atoms with Gasteiger partial charge in [0.05, 0.1) is 0 Å². The highest BCUT2D eigenvalue weighted by atomic mass is 15.1. The number of hydrogen-bond donors (Lipinski definition) is 1. The number of nitrogens with zero attached hydrogens (tertiary/aromatic N) is 1. The van der Waals surface area contributed by atoms with Gasteiger partial charge in [0.2, 0.25) is 0 Å². The molecule has 0 aliphatic rings. The molecule has 2 heteroatoms. The summed E-state index contributed by atoms with van der Waals surface area (Å²) in [4.78, 5) is 2.21. The van der Waals surface area contributed by atoms with Gasteiger partial charge in [-0.15, -0.1) is 13.2 Å². The lowest BCUT2D eigenvalue weighted by Crippen LogP contribution is -2.23. The quantitative estimate of drug-likeness (QED) is 0.728. The van der Waals surface area contributed by atoms with Crippen LogP contribution in [0.2, 0.25) is 0 Å². The van der Waals surface area contributed by atoms with Gasteiger partial charge in [0, 0.05) is 24.8 Å². The largest absolute Gasteiger partial charge is 0.364 e. The standard InChI is InChI=1S/C15H22N2/c1-4-11-17(12-5-2)14-9-7-13(8-10-14)15(16)6-3/h4-5,7-10,15H,1-2,6,11-12,16H2,3H3/t15-/m0/s1. The molecule has 1 atom stereocenters. The van der Waals surface area contributed by atoms with Crippen LogP contribution in [0.5, 0.6) is 0 Å². The van der Waals surface area contributed by atoms with Crippen molar-refractivity contribution in [3.8, 4) is 0 Å². The molecule has 0 radical (unpaired) electrons. The zero-order valence-electron chi connectivity index (χ0n) is 10.6. The van der Waals surface area contributed by atoms with Crippen LogP contribution < -0.4 is 10.6 Å². The van der Waals surface area contributed by atoms with E-state index in [9.17, 15) is 0 Å². The summed E-state index contributed by atoms with van der Waals surface area (Å²) in [6, 6.07) is 8.55. The minimum absolute atomic E-state index is 0.135. The zero-order chi connectivity index (χ0) is 12.7. The second kappa shape index (κ2) is 6.92. The molecule has 0 saturated carbocycles. The Balaban J connectivity index is 2.83. The fraction of sp³-hybridized carbons (Fsp3) is 0.333. The average Bonchev–Trinajstić information content (AvgIpc) is 2.38. The third kappa shape index (κ3) is 3.75. The van der Waals surface area contributed by atoms with Crippen molar-refractivity contribution in [2.24, 2.45) is 5.73 Å². The van der Waals surface area contributed by atoms with Crippen LogP contribution in [0.15, 0.2) is 49.6 Å². The topological polar surface area (TPSA) is 29.3 Å². The molecule has 1 aromatic rings. The van der Waals surface area contributed by atoms with Crippen LogP contribution in [0.3, 0.4) is 0 Å². The molecule has 0 aliphatic carbocycles. The summed E-state index contributed by atoms with van der Waals surface area (Å²) >= 11 is 0. The van der Waals surface area contributed by atoms with Crippen molar-refractivity contribution < 1.29 is 0 Å². The van der Waals surface area contributed by atoms with Crippen LogP contribution in [0.1, 0.15) is 24.9 Å². The highest BCUT2D eigenvalue weighted by Crippen LogP contribution is 2.19. The third-order valence-corrected chi connectivity index (χ3v) is 2.83. The normalized spacial score (nSPS) is 11.9. The first-order chi connectivity index (χ1) is 8.22. The molecule has 92 valence electrons. The van der Waals surface area contributed by atoms with Gasteiger partial charge in [-0.2, -0.15) is 0 Å². The van der Waals surface area contributed by atoms with E-state index >= 15 is 0 Å². The third-order valence-electron chi connectivity index (χ3n) is 2.83. The van der Waals surface area contributed by atoms with E-state index in [1.807, 2.05) is 12.2 Å².